The second kappa shape index (κ2) is 7.64. The summed E-state index contributed by atoms with van der Waals surface area (Å²) in [6, 6.07) is 3.12. The fraction of sp³-hybridized carbons (Fsp3) is 0.615. The van der Waals surface area contributed by atoms with Crippen molar-refractivity contribution >= 4 is 17.3 Å². The third-order valence-electron chi connectivity index (χ3n) is 3.02. The molecule has 0 aliphatic carbocycles. The second-order valence-electron chi connectivity index (χ2n) is 4.78. The number of aromatic nitrogens is 1. The summed E-state index contributed by atoms with van der Waals surface area (Å²) < 4.78 is 0. The molecule has 1 aromatic heterocycles. The van der Waals surface area contributed by atoms with Crippen LogP contribution in [0.3, 0.4) is 0 Å². The molecule has 1 rings (SSSR count). The smallest absolute Gasteiger partial charge is 0.311 e. The summed E-state index contributed by atoms with van der Waals surface area (Å²) >= 11 is 0. The fourth-order valence-corrected chi connectivity index (χ4v) is 1.95. The Morgan fingerprint density at radius 3 is 2.55 bits per heavy atom. The van der Waals surface area contributed by atoms with Gasteiger partial charge in [-0.2, -0.15) is 0 Å². The molecule has 20 heavy (non-hydrogen) atoms. The van der Waals surface area contributed by atoms with Crippen LogP contribution in [0.4, 0.5) is 17.3 Å². The van der Waals surface area contributed by atoms with Gasteiger partial charge in [-0.1, -0.05) is 0 Å². The van der Waals surface area contributed by atoms with E-state index in [2.05, 4.69) is 15.2 Å². The lowest BCUT2D eigenvalue weighted by atomic mass is 10.3. The predicted molar refractivity (Wildman–Crippen MR) is 81.5 cm³/mol. The molecular weight excluding hydrogens is 258 g/mol. The Morgan fingerprint density at radius 1 is 1.35 bits per heavy atom. The SMILES string of the molecule is CCN(CCCN(C)C)c1nc(NC)ccc1[N+](=O)[O-]. The Balaban J connectivity index is 2.96. The Kier molecular flexibility index (Phi) is 6.17. The van der Waals surface area contributed by atoms with Gasteiger partial charge in [0.2, 0.25) is 5.82 Å². The number of pyridine rings is 1. The third kappa shape index (κ3) is 4.34. The van der Waals surface area contributed by atoms with Gasteiger partial charge in [0, 0.05) is 26.2 Å². The molecule has 0 saturated carbocycles. The van der Waals surface area contributed by atoms with Gasteiger partial charge in [-0.15, -0.1) is 0 Å². The maximum absolute atomic E-state index is 11.1. The summed E-state index contributed by atoms with van der Waals surface area (Å²) in [5.41, 5.74) is 0.0516. The molecule has 0 radical (unpaired) electrons. The average molecular weight is 281 g/mol. The quantitative estimate of drug-likeness (QED) is 0.578. The molecule has 1 N–H and O–H groups in total. The molecule has 0 spiro atoms. The monoisotopic (exact) mass is 281 g/mol. The van der Waals surface area contributed by atoms with Crippen LogP contribution in [0.2, 0.25) is 0 Å². The normalized spacial score (nSPS) is 10.7. The molecule has 112 valence electrons. The molecule has 7 nitrogen and oxygen atoms in total. The fourth-order valence-electron chi connectivity index (χ4n) is 1.95. The first-order valence-electron chi connectivity index (χ1n) is 6.72. The molecule has 1 heterocycles. The summed E-state index contributed by atoms with van der Waals surface area (Å²) in [6.45, 7) is 4.35. The van der Waals surface area contributed by atoms with E-state index < -0.39 is 0 Å². The zero-order valence-corrected chi connectivity index (χ0v) is 12.6. The van der Waals surface area contributed by atoms with E-state index in [1.165, 1.54) is 6.07 Å². The van der Waals surface area contributed by atoms with E-state index in [1.54, 1.807) is 13.1 Å². The molecule has 0 aliphatic rings. The number of nitro groups is 1. The molecule has 0 aliphatic heterocycles. The minimum absolute atomic E-state index is 0.0516. The first kappa shape index (κ1) is 16.2. The van der Waals surface area contributed by atoms with E-state index in [0.717, 1.165) is 19.5 Å². The maximum Gasteiger partial charge on any atom is 0.311 e. The van der Waals surface area contributed by atoms with Gasteiger partial charge in [0.05, 0.1) is 4.92 Å². The molecule has 0 unspecified atom stereocenters. The highest BCUT2D eigenvalue weighted by molar-refractivity contribution is 5.61. The first-order chi connectivity index (χ1) is 9.49. The highest BCUT2D eigenvalue weighted by atomic mass is 16.6. The molecule has 0 saturated heterocycles. The summed E-state index contributed by atoms with van der Waals surface area (Å²) in [4.78, 5) is 19.1. The van der Waals surface area contributed by atoms with Gasteiger partial charge in [0.1, 0.15) is 5.82 Å². The van der Waals surface area contributed by atoms with E-state index >= 15 is 0 Å². The molecule has 0 bridgehead atoms. The van der Waals surface area contributed by atoms with Crippen molar-refractivity contribution in [2.24, 2.45) is 0 Å². The Bertz CT molecular complexity index is 450. The van der Waals surface area contributed by atoms with Gasteiger partial charge in [0.15, 0.2) is 0 Å². The van der Waals surface area contributed by atoms with E-state index in [4.69, 9.17) is 0 Å². The van der Waals surface area contributed by atoms with E-state index in [0.29, 0.717) is 18.2 Å². The van der Waals surface area contributed by atoms with Gasteiger partial charge in [-0.05, 0) is 40.1 Å². The lowest BCUT2D eigenvalue weighted by Crippen LogP contribution is -2.28. The van der Waals surface area contributed by atoms with Crippen LogP contribution in [-0.4, -0.2) is 55.6 Å². The zero-order valence-electron chi connectivity index (χ0n) is 12.6. The van der Waals surface area contributed by atoms with Crippen LogP contribution in [0.25, 0.3) is 0 Å². The summed E-state index contributed by atoms with van der Waals surface area (Å²) in [5.74, 6) is 1.07. The predicted octanol–water partition coefficient (Wildman–Crippen LogP) is 1.81. The minimum atomic E-state index is -0.379. The van der Waals surface area contributed by atoms with E-state index in [-0.39, 0.29) is 10.6 Å². The van der Waals surface area contributed by atoms with Crippen LogP contribution in [-0.2, 0) is 0 Å². The number of anilines is 2. The molecular formula is C13H23N5O2. The maximum atomic E-state index is 11.1. The van der Waals surface area contributed by atoms with Crippen molar-refractivity contribution in [2.75, 3.05) is 51.0 Å². The molecule has 0 atom stereocenters. The minimum Gasteiger partial charge on any atom is -0.373 e. The lowest BCUT2D eigenvalue weighted by Gasteiger charge is -2.23. The van der Waals surface area contributed by atoms with E-state index in [9.17, 15) is 10.1 Å². The third-order valence-corrected chi connectivity index (χ3v) is 3.02. The largest absolute Gasteiger partial charge is 0.373 e. The number of nitrogens with zero attached hydrogens (tertiary/aromatic N) is 4. The van der Waals surface area contributed by atoms with Crippen molar-refractivity contribution in [3.8, 4) is 0 Å². The van der Waals surface area contributed by atoms with Crippen molar-refractivity contribution in [3.63, 3.8) is 0 Å². The van der Waals surface area contributed by atoms with Crippen molar-refractivity contribution in [1.29, 1.82) is 0 Å². The highest BCUT2D eigenvalue weighted by Gasteiger charge is 2.20. The van der Waals surface area contributed by atoms with Gasteiger partial charge in [-0.25, -0.2) is 4.98 Å². The van der Waals surface area contributed by atoms with Crippen LogP contribution < -0.4 is 10.2 Å². The van der Waals surface area contributed by atoms with Gasteiger partial charge >= 0.3 is 5.69 Å². The number of rotatable bonds is 8. The number of hydrogen-bond acceptors (Lipinski definition) is 6. The second-order valence-corrected chi connectivity index (χ2v) is 4.78. The lowest BCUT2D eigenvalue weighted by molar-refractivity contribution is -0.384. The number of hydrogen-bond donors (Lipinski definition) is 1. The Hall–Kier alpha value is -1.89. The molecule has 0 fully saturated rings. The summed E-state index contributed by atoms with van der Waals surface area (Å²) in [6.07, 6.45) is 0.934. The van der Waals surface area contributed by atoms with E-state index in [1.807, 2.05) is 25.9 Å². The first-order valence-corrected chi connectivity index (χ1v) is 6.72. The van der Waals surface area contributed by atoms with Gasteiger partial charge < -0.3 is 15.1 Å². The van der Waals surface area contributed by atoms with Crippen LogP contribution in [0.5, 0.6) is 0 Å². The van der Waals surface area contributed by atoms with Crippen LogP contribution in [0, 0.1) is 10.1 Å². The van der Waals surface area contributed by atoms with Gasteiger partial charge in [0.25, 0.3) is 0 Å². The van der Waals surface area contributed by atoms with Crippen LogP contribution >= 0.6 is 0 Å². The number of nitrogens with one attached hydrogen (secondary N) is 1. The van der Waals surface area contributed by atoms with Crippen LogP contribution in [0.1, 0.15) is 13.3 Å². The molecule has 0 aromatic carbocycles. The molecule has 7 heteroatoms. The topological polar surface area (TPSA) is 74.5 Å². The standard InChI is InChI=1S/C13H23N5O2/c1-5-17(10-6-9-16(3)4)13-11(18(19)20)7-8-12(14-2)15-13/h7-8H,5-6,9-10H2,1-4H3,(H,14,15). The van der Waals surface area contributed by atoms with Gasteiger partial charge in [-0.3, -0.25) is 10.1 Å². The van der Waals surface area contributed by atoms with Crippen molar-refractivity contribution < 1.29 is 4.92 Å². The Labute approximate surface area is 119 Å². The average Bonchev–Trinajstić information content (AvgIpc) is 2.42. The summed E-state index contributed by atoms with van der Waals surface area (Å²) in [5, 5.41) is 14.1. The molecule has 1 aromatic rings. The highest BCUT2D eigenvalue weighted by Crippen LogP contribution is 2.27. The zero-order chi connectivity index (χ0) is 15.1. The Morgan fingerprint density at radius 2 is 2.05 bits per heavy atom. The van der Waals surface area contributed by atoms with Crippen molar-refractivity contribution in [3.05, 3.63) is 22.2 Å². The van der Waals surface area contributed by atoms with Crippen molar-refractivity contribution in [2.45, 2.75) is 13.3 Å². The molecule has 0 amide bonds. The van der Waals surface area contributed by atoms with Crippen molar-refractivity contribution in [1.82, 2.24) is 9.88 Å². The summed E-state index contributed by atoms with van der Waals surface area (Å²) in [7, 11) is 5.78. The van der Waals surface area contributed by atoms with Crippen LogP contribution in [0.15, 0.2) is 12.1 Å².